The van der Waals surface area contributed by atoms with Crippen molar-refractivity contribution < 1.29 is 14.3 Å². The van der Waals surface area contributed by atoms with Crippen LogP contribution < -0.4 is 4.90 Å². The molecule has 142 valence electrons. The fraction of sp³-hybridized carbons (Fsp3) is 0.600. The zero-order valence-corrected chi connectivity index (χ0v) is 16.2. The zero-order valence-electron chi connectivity index (χ0n) is 16.2. The van der Waals surface area contributed by atoms with Crippen LogP contribution in [-0.2, 0) is 14.9 Å². The van der Waals surface area contributed by atoms with Crippen molar-refractivity contribution in [2.24, 2.45) is 10.5 Å². The van der Waals surface area contributed by atoms with Gasteiger partial charge >= 0.3 is 6.09 Å². The highest BCUT2D eigenvalue weighted by Gasteiger charge is 2.71. The number of carbonyl (C=O) groups excluding carboxylic acids is 2. The molecule has 1 amide bonds. The number of Topliss-reactive ketones (excluding diaryl/α,β-unsaturated/α-hetero) is 1. The second-order valence-corrected chi connectivity index (χ2v) is 9.19. The van der Waals surface area contributed by atoms with Crippen LogP contribution in [0.15, 0.2) is 23.3 Å². The SMILES string of the molecule is CC(C)(C)OC(=O)N1C[C@@H]2CC(=O)[C@]3(C[C@@]3(C)CN=[N+]=[N-])c3cccc1c32. The molecule has 1 aromatic carbocycles. The quantitative estimate of drug-likeness (QED) is 0.438. The fourth-order valence-electron chi connectivity index (χ4n) is 4.98. The Morgan fingerprint density at radius 2 is 2.19 bits per heavy atom. The molecule has 7 nitrogen and oxygen atoms in total. The van der Waals surface area contributed by atoms with Crippen LogP contribution in [0.3, 0.4) is 0 Å². The highest BCUT2D eigenvalue weighted by molar-refractivity contribution is 6.01. The van der Waals surface area contributed by atoms with Gasteiger partial charge in [-0.15, -0.1) is 0 Å². The van der Waals surface area contributed by atoms with Gasteiger partial charge in [0.1, 0.15) is 11.4 Å². The van der Waals surface area contributed by atoms with Gasteiger partial charge < -0.3 is 4.74 Å². The summed E-state index contributed by atoms with van der Waals surface area (Å²) < 4.78 is 5.57. The number of anilines is 1. The lowest BCUT2D eigenvalue weighted by Gasteiger charge is -2.31. The average molecular weight is 368 g/mol. The number of benzene rings is 1. The van der Waals surface area contributed by atoms with Crippen LogP contribution in [-0.4, -0.2) is 30.6 Å². The van der Waals surface area contributed by atoms with Gasteiger partial charge in [0, 0.05) is 30.3 Å². The molecule has 0 unspecified atom stereocenters. The standard InChI is InChI=1S/C20H24N4O3/c1-18(2,3)27-17(26)24-9-12-8-15(25)20(10-19(20,4)11-22-23-21)13-6-5-7-14(24)16(12)13/h5-7,12H,8-11H2,1-4H3/t12-,19-,20-/m0/s1. The summed E-state index contributed by atoms with van der Waals surface area (Å²) in [6.45, 7) is 8.32. The number of ketones is 1. The van der Waals surface area contributed by atoms with Crippen LogP contribution >= 0.6 is 0 Å². The summed E-state index contributed by atoms with van der Waals surface area (Å²) in [6, 6.07) is 5.84. The normalized spacial score (nSPS) is 30.7. The maximum absolute atomic E-state index is 13.1. The molecular formula is C20H24N4O3. The van der Waals surface area contributed by atoms with Crippen LogP contribution in [0.4, 0.5) is 10.5 Å². The number of amides is 1. The maximum atomic E-state index is 13.1. The third kappa shape index (κ3) is 2.45. The molecule has 1 aliphatic heterocycles. The topological polar surface area (TPSA) is 95.4 Å². The lowest BCUT2D eigenvalue weighted by Crippen LogP contribution is -2.37. The molecule has 1 fully saturated rings. The molecule has 27 heavy (non-hydrogen) atoms. The Morgan fingerprint density at radius 1 is 1.44 bits per heavy atom. The summed E-state index contributed by atoms with van der Waals surface area (Å²) in [5, 5.41) is 3.75. The summed E-state index contributed by atoms with van der Waals surface area (Å²) in [6.07, 6.45) is 0.724. The highest BCUT2D eigenvalue weighted by Crippen LogP contribution is 2.70. The van der Waals surface area contributed by atoms with Gasteiger partial charge in [-0.25, -0.2) is 4.79 Å². The lowest BCUT2D eigenvalue weighted by molar-refractivity contribution is -0.123. The molecule has 7 heteroatoms. The molecule has 1 heterocycles. The monoisotopic (exact) mass is 368 g/mol. The fourth-order valence-corrected chi connectivity index (χ4v) is 4.98. The van der Waals surface area contributed by atoms with Crippen molar-refractivity contribution in [1.82, 2.24) is 0 Å². The lowest BCUT2D eigenvalue weighted by atomic mass is 9.71. The Kier molecular flexibility index (Phi) is 3.63. The molecule has 0 bridgehead atoms. The second-order valence-electron chi connectivity index (χ2n) is 9.19. The van der Waals surface area contributed by atoms with Gasteiger partial charge in [-0.2, -0.15) is 0 Å². The first-order valence-corrected chi connectivity index (χ1v) is 9.31. The van der Waals surface area contributed by atoms with Crippen LogP contribution in [0.25, 0.3) is 10.4 Å². The van der Waals surface area contributed by atoms with Gasteiger partial charge in [0.05, 0.1) is 11.1 Å². The number of hydrogen-bond acceptors (Lipinski definition) is 4. The Bertz CT molecular complexity index is 899. The molecule has 3 atom stereocenters. The predicted octanol–water partition coefficient (Wildman–Crippen LogP) is 4.46. The van der Waals surface area contributed by atoms with E-state index in [2.05, 4.69) is 10.0 Å². The third-order valence-electron chi connectivity index (χ3n) is 6.21. The number of rotatable bonds is 2. The summed E-state index contributed by atoms with van der Waals surface area (Å²) >= 11 is 0. The van der Waals surface area contributed by atoms with Gasteiger partial charge in [-0.1, -0.05) is 24.2 Å². The van der Waals surface area contributed by atoms with E-state index in [1.165, 1.54) is 0 Å². The van der Waals surface area contributed by atoms with Gasteiger partial charge in [0.15, 0.2) is 0 Å². The van der Waals surface area contributed by atoms with Crippen LogP contribution in [0.1, 0.15) is 57.6 Å². The predicted molar refractivity (Wildman–Crippen MR) is 101 cm³/mol. The molecule has 2 aliphatic carbocycles. The van der Waals surface area contributed by atoms with Gasteiger partial charge in [0.25, 0.3) is 0 Å². The van der Waals surface area contributed by atoms with E-state index in [4.69, 9.17) is 10.3 Å². The number of azide groups is 1. The molecule has 0 radical (unpaired) electrons. The van der Waals surface area contributed by atoms with Crippen molar-refractivity contribution in [3.8, 4) is 0 Å². The summed E-state index contributed by atoms with van der Waals surface area (Å²) in [4.78, 5) is 30.4. The molecule has 1 spiro atoms. The first kappa shape index (κ1) is 17.9. The van der Waals surface area contributed by atoms with E-state index in [1.807, 2.05) is 45.9 Å². The van der Waals surface area contributed by atoms with E-state index >= 15 is 0 Å². The minimum absolute atomic E-state index is 0.00571. The smallest absolute Gasteiger partial charge is 0.414 e. The van der Waals surface area contributed by atoms with Gasteiger partial charge in [0.2, 0.25) is 0 Å². The van der Waals surface area contributed by atoms with E-state index < -0.39 is 11.0 Å². The molecule has 1 aromatic rings. The van der Waals surface area contributed by atoms with Crippen LogP contribution in [0, 0.1) is 5.41 Å². The largest absolute Gasteiger partial charge is 0.443 e. The Labute approximate surface area is 158 Å². The molecule has 0 N–H and O–H groups in total. The van der Waals surface area contributed by atoms with Crippen LogP contribution in [0.5, 0.6) is 0 Å². The number of hydrogen-bond donors (Lipinski definition) is 0. The second kappa shape index (κ2) is 5.49. The van der Waals surface area contributed by atoms with Gasteiger partial charge in [-0.05, 0) is 55.3 Å². The van der Waals surface area contributed by atoms with Crippen molar-refractivity contribution >= 4 is 17.6 Å². The number of ether oxygens (including phenoxy) is 1. The minimum atomic E-state index is -0.590. The Balaban J connectivity index is 1.76. The molecule has 4 rings (SSSR count). The third-order valence-corrected chi connectivity index (χ3v) is 6.21. The van der Waals surface area contributed by atoms with Gasteiger partial charge in [-0.3, -0.25) is 9.69 Å². The van der Waals surface area contributed by atoms with Crippen molar-refractivity contribution in [2.45, 2.75) is 57.5 Å². The number of nitrogens with zero attached hydrogens (tertiary/aromatic N) is 4. The molecular weight excluding hydrogens is 344 g/mol. The average Bonchev–Trinajstić information content (AvgIpc) is 3.02. The summed E-state index contributed by atoms with van der Waals surface area (Å²) in [5.41, 5.74) is 10.1. The van der Waals surface area contributed by atoms with E-state index in [0.717, 1.165) is 16.8 Å². The van der Waals surface area contributed by atoms with E-state index in [-0.39, 0.29) is 23.2 Å². The molecule has 0 aromatic heterocycles. The minimum Gasteiger partial charge on any atom is -0.443 e. The first-order chi connectivity index (χ1) is 12.6. The van der Waals surface area contributed by atoms with Crippen LogP contribution in [0.2, 0.25) is 0 Å². The number of carbonyl (C=O) groups is 2. The van der Waals surface area contributed by atoms with E-state index in [0.29, 0.717) is 25.9 Å². The molecule has 3 aliphatic rings. The van der Waals surface area contributed by atoms with Crippen molar-refractivity contribution in [3.63, 3.8) is 0 Å². The van der Waals surface area contributed by atoms with Crippen molar-refractivity contribution in [1.29, 1.82) is 0 Å². The van der Waals surface area contributed by atoms with Crippen molar-refractivity contribution in [2.75, 3.05) is 18.0 Å². The van der Waals surface area contributed by atoms with E-state index in [9.17, 15) is 9.59 Å². The summed E-state index contributed by atoms with van der Waals surface area (Å²) in [7, 11) is 0. The summed E-state index contributed by atoms with van der Waals surface area (Å²) in [5.74, 6) is 0.199. The van der Waals surface area contributed by atoms with E-state index in [1.54, 1.807) is 4.90 Å². The first-order valence-electron chi connectivity index (χ1n) is 9.31. The number of fused-ring (bicyclic) bond motifs is 1. The molecule has 0 saturated heterocycles. The maximum Gasteiger partial charge on any atom is 0.414 e. The molecule has 1 saturated carbocycles. The highest BCUT2D eigenvalue weighted by atomic mass is 16.6. The Hall–Kier alpha value is -2.53. The van der Waals surface area contributed by atoms with Crippen molar-refractivity contribution in [3.05, 3.63) is 39.8 Å². The Morgan fingerprint density at radius 3 is 2.85 bits per heavy atom. The zero-order chi connectivity index (χ0) is 19.6.